The quantitative estimate of drug-likeness (QED) is 0.567. The van der Waals surface area contributed by atoms with Crippen molar-refractivity contribution in [2.24, 2.45) is 0 Å². The second-order valence-corrected chi connectivity index (χ2v) is 5.46. The molecule has 1 aromatic heterocycles. The number of anilines is 2. The normalized spacial score (nSPS) is 10.6. The second kappa shape index (κ2) is 8.07. The highest BCUT2D eigenvalue weighted by molar-refractivity contribution is 5.33. The van der Waals surface area contributed by atoms with E-state index in [9.17, 15) is 0 Å². The van der Waals surface area contributed by atoms with E-state index >= 15 is 0 Å². The van der Waals surface area contributed by atoms with E-state index in [4.69, 9.17) is 16.2 Å². The lowest BCUT2D eigenvalue weighted by atomic mass is 10.2. The van der Waals surface area contributed by atoms with Gasteiger partial charge in [0.05, 0.1) is 0 Å². The molecule has 1 heterocycles. The van der Waals surface area contributed by atoms with Crippen LogP contribution in [0.25, 0.3) is 0 Å². The number of ether oxygens (including phenoxy) is 1. The first-order valence-electron chi connectivity index (χ1n) is 7.97. The first-order valence-corrected chi connectivity index (χ1v) is 7.97. The van der Waals surface area contributed by atoms with Crippen molar-refractivity contribution in [1.82, 2.24) is 20.3 Å². The Bertz CT molecular complexity index is 805. The fourth-order valence-corrected chi connectivity index (χ4v) is 2.35. The molecule has 0 bridgehead atoms. The van der Waals surface area contributed by atoms with Gasteiger partial charge in [0.15, 0.2) is 0 Å². The zero-order chi connectivity index (χ0) is 17.5. The predicted octanol–water partition coefficient (Wildman–Crippen LogP) is 2.16. The molecule has 2 aromatic carbocycles. The van der Waals surface area contributed by atoms with E-state index in [1.807, 2.05) is 54.6 Å². The number of benzene rings is 2. The summed E-state index contributed by atoms with van der Waals surface area (Å²) >= 11 is 0. The molecule has 0 saturated carbocycles. The Labute approximate surface area is 146 Å². The van der Waals surface area contributed by atoms with E-state index in [0.29, 0.717) is 25.3 Å². The molecule has 0 saturated heterocycles. The molecule has 3 rings (SSSR count). The minimum absolute atomic E-state index is 0.147. The monoisotopic (exact) mass is 336 g/mol. The van der Waals surface area contributed by atoms with Gasteiger partial charge in [0, 0.05) is 19.5 Å². The van der Waals surface area contributed by atoms with Gasteiger partial charge in [0.2, 0.25) is 11.9 Å². The summed E-state index contributed by atoms with van der Waals surface area (Å²) in [5.74, 6) is 2.50. The molecule has 0 aliphatic rings. The number of aromatic nitrogens is 3. The first kappa shape index (κ1) is 16.7. The average Bonchev–Trinajstić information content (AvgIpc) is 2.59. The maximum atomic E-state index is 5.84. The Kier molecular flexibility index (Phi) is 5.38. The molecule has 25 heavy (non-hydrogen) atoms. The van der Waals surface area contributed by atoms with Crippen LogP contribution in [-0.4, -0.2) is 21.5 Å². The topological polar surface area (TPSA) is 112 Å². The zero-order valence-corrected chi connectivity index (χ0v) is 13.7. The van der Waals surface area contributed by atoms with Crippen LogP contribution in [0.4, 0.5) is 11.9 Å². The van der Waals surface area contributed by atoms with Crippen molar-refractivity contribution in [2.75, 3.05) is 18.0 Å². The van der Waals surface area contributed by atoms with Crippen LogP contribution in [0.1, 0.15) is 11.4 Å². The molecule has 0 radical (unpaired) electrons. The van der Waals surface area contributed by atoms with Crippen molar-refractivity contribution in [3.63, 3.8) is 0 Å². The Morgan fingerprint density at radius 2 is 1.56 bits per heavy atom. The third kappa shape index (κ3) is 5.15. The number of nitrogens with zero attached hydrogens (tertiary/aromatic N) is 3. The standard InChI is InChI=1S/C18H20N6O/c19-17-22-16(23-18(20)24-17)9-10-21-12-13-5-4-8-15(11-13)25-14-6-2-1-3-7-14/h1-8,11,21H,9-10,12H2,(H4,19,20,22,23,24). The average molecular weight is 336 g/mol. The molecule has 0 aliphatic carbocycles. The maximum Gasteiger partial charge on any atom is 0.225 e. The third-order valence-corrected chi connectivity index (χ3v) is 3.45. The molecule has 7 heteroatoms. The summed E-state index contributed by atoms with van der Waals surface area (Å²) in [5, 5.41) is 3.34. The molecule has 0 aliphatic heterocycles. The van der Waals surface area contributed by atoms with Gasteiger partial charge in [0.1, 0.15) is 17.3 Å². The summed E-state index contributed by atoms with van der Waals surface area (Å²) < 4.78 is 5.84. The third-order valence-electron chi connectivity index (χ3n) is 3.45. The minimum atomic E-state index is 0.147. The molecule has 0 unspecified atom stereocenters. The lowest BCUT2D eigenvalue weighted by Gasteiger charge is -2.09. The fraction of sp³-hybridized carbons (Fsp3) is 0.167. The van der Waals surface area contributed by atoms with Gasteiger partial charge in [-0.1, -0.05) is 30.3 Å². The second-order valence-electron chi connectivity index (χ2n) is 5.46. The van der Waals surface area contributed by atoms with Gasteiger partial charge in [-0.3, -0.25) is 0 Å². The summed E-state index contributed by atoms with van der Waals surface area (Å²) in [6.45, 7) is 1.41. The van der Waals surface area contributed by atoms with Gasteiger partial charge in [0.25, 0.3) is 0 Å². The van der Waals surface area contributed by atoms with Crippen LogP contribution >= 0.6 is 0 Å². The number of nitrogens with one attached hydrogen (secondary N) is 1. The summed E-state index contributed by atoms with van der Waals surface area (Å²) in [5.41, 5.74) is 12.2. The van der Waals surface area contributed by atoms with E-state index < -0.39 is 0 Å². The van der Waals surface area contributed by atoms with Crippen LogP contribution in [0.5, 0.6) is 11.5 Å². The van der Waals surface area contributed by atoms with Gasteiger partial charge < -0.3 is 21.5 Å². The van der Waals surface area contributed by atoms with Crippen LogP contribution in [0.2, 0.25) is 0 Å². The maximum absolute atomic E-state index is 5.84. The first-order chi connectivity index (χ1) is 12.2. The van der Waals surface area contributed by atoms with Crippen LogP contribution in [0.3, 0.4) is 0 Å². The number of nitrogens with two attached hydrogens (primary N) is 2. The number of nitrogen functional groups attached to an aromatic ring is 2. The van der Waals surface area contributed by atoms with E-state index in [-0.39, 0.29) is 11.9 Å². The van der Waals surface area contributed by atoms with E-state index in [2.05, 4.69) is 20.3 Å². The van der Waals surface area contributed by atoms with Crippen molar-refractivity contribution in [1.29, 1.82) is 0 Å². The highest BCUT2D eigenvalue weighted by atomic mass is 16.5. The number of para-hydroxylation sites is 1. The van der Waals surface area contributed by atoms with Crippen LogP contribution in [0, 0.1) is 0 Å². The summed E-state index contributed by atoms with van der Waals surface area (Å²) in [4.78, 5) is 11.9. The molecule has 128 valence electrons. The molecule has 0 fully saturated rings. The highest BCUT2D eigenvalue weighted by Crippen LogP contribution is 2.21. The smallest absolute Gasteiger partial charge is 0.225 e. The predicted molar refractivity (Wildman–Crippen MR) is 97.0 cm³/mol. The van der Waals surface area contributed by atoms with Gasteiger partial charge in [-0.05, 0) is 29.8 Å². The fourth-order valence-electron chi connectivity index (χ4n) is 2.35. The van der Waals surface area contributed by atoms with Crippen molar-refractivity contribution in [3.8, 4) is 11.5 Å². The lowest BCUT2D eigenvalue weighted by Crippen LogP contribution is -2.18. The Balaban J connectivity index is 1.50. The van der Waals surface area contributed by atoms with Gasteiger partial charge in [-0.15, -0.1) is 0 Å². The molecule has 7 nitrogen and oxygen atoms in total. The molecular weight excluding hydrogens is 316 g/mol. The summed E-state index contributed by atoms with van der Waals surface area (Å²) in [6, 6.07) is 17.7. The van der Waals surface area contributed by atoms with Crippen molar-refractivity contribution < 1.29 is 4.74 Å². The molecular formula is C18H20N6O. The van der Waals surface area contributed by atoms with Gasteiger partial charge >= 0.3 is 0 Å². The van der Waals surface area contributed by atoms with Gasteiger partial charge in [-0.2, -0.15) is 15.0 Å². The van der Waals surface area contributed by atoms with E-state index in [0.717, 1.165) is 17.1 Å². The largest absolute Gasteiger partial charge is 0.457 e. The van der Waals surface area contributed by atoms with E-state index in [1.54, 1.807) is 0 Å². The molecule has 0 amide bonds. The van der Waals surface area contributed by atoms with Crippen molar-refractivity contribution >= 4 is 11.9 Å². The Morgan fingerprint density at radius 1 is 0.840 bits per heavy atom. The molecule has 0 atom stereocenters. The number of hydrogen-bond donors (Lipinski definition) is 3. The molecule has 3 aromatic rings. The van der Waals surface area contributed by atoms with Crippen LogP contribution in [-0.2, 0) is 13.0 Å². The summed E-state index contributed by atoms with van der Waals surface area (Å²) in [7, 11) is 0. The minimum Gasteiger partial charge on any atom is -0.457 e. The molecule has 0 spiro atoms. The van der Waals surface area contributed by atoms with Crippen molar-refractivity contribution in [2.45, 2.75) is 13.0 Å². The molecule has 5 N–H and O–H groups in total. The van der Waals surface area contributed by atoms with Crippen LogP contribution < -0.4 is 21.5 Å². The Hall–Kier alpha value is -3.19. The van der Waals surface area contributed by atoms with E-state index in [1.165, 1.54) is 0 Å². The summed E-state index contributed by atoms with van der Waals surface area (Å²) in [6.07, 6.45) is 0.622. The van der Waals surface area contributed by atoms with Crippen LogP contribution in [0.15, 0.2) is 54.6 Å². The lowest BCUT2D eigenvalue weighted by molar-refractivity contribution is 0.481. The highest BCUT2D eigenvalue weighted by Gasteiger charge is 2.02. The Morgan fingerprint density at radius 3 is 2.32 bits per heavy atom. The van der Waals surface area contributed by atoms with Crippen molar-refractivity contribution in [3.05, 3.63) is 66.0 Å². The number of hydrogen-bond acceptors (Lipinski definition) is 7. The zero-order valence-electron chi connectivity index (χ0n) is 13.7. The SMILES string of the molecule is Nc1nc(N)nc(CCNCc2cccc(Oc3ccccc3)c2)n1. The van der Waals surface area contributed by atoms with Gasteiger partial charge in [-0.25, -0.2) is 0 Å². The number of rotatable bonds is 7.